The SMILES string of the molecule is NC(=O)Oc1cc(-n2cc(Br)cn2)ccn1. The highest BCUT2D eigenvalue weighted by Gasteiger charge is 2.04. The molecule has 0 fully saturated rings. The predicted octanol–water partition coefficient (Wildman–Crippen LogP) is 1.49. The van der Waals surface area contributed by atoms with Crippen LogP contribution in [0, 0.1) is 0 Å². The molecule has 0 spiro atoms. The van der Waals surface area contributed by atoms with Crippen molar-refractivity contribution in [1.29, 1.82) is 0 Å². The fourth-order valence-corrected chi connectivity index (χ4v) is 1.43. The average molecular weight is 283 g/mol. The quantitative estimate of drug-likeness (QED) is 0.905. The lowest BCUT2D eigenvalue weighted by Gasteiger charge is -2.03. The molecule has 0 atom stereocenters. The van der Waals surface area contributed by atoms with Crippen molar-refractivity contribution in [3.63, 3.8) is 0 Å². The number of carbonyl (C=O) groups excluding carboxylic acids is 1. The zero-order chi connectivity index (χ0) is 11.5. The number of hydrogen-bond donors (Lipinski definition) is 1. The Bertz CT molecular complexity index is 526. The molecule has 0 unspecified atom stereocenters. The van der Waals surface area contributed by atoms with Crippen molar-refractivity contribution in [3.05, 3.63) is 35.2 Å². The molecular weight excluding hydrogens is 276 g/mol. The van der Waals surface area contributed by atoms with Gasteiger partial charge in [-0.25, -0.2) is 14.5 Å². The van der Waals surface area contributed by atoms with Crippen LogP contribution in [0.25, 0.3) is 5.69 Å². The van der Waals surface area contributed by atoms with Gasteiger partial charge in [0.2, 0.25) is 5.88 Å². The summed E-state index contributed by atoms with van der Waals surface area (Å²) in [6, 6.07) is 3.29. The van der Waals surface area contributed by atoms with Crippen LogP contribution in [0.3, 0.4) is 0 Å². The number of hydrogen-bond acceptors (Lipinski definition) is 4. The molecular formula is C9H7BrN4O2. The molecule has 0 saturated heterocycles. The third kappa shape index (κ3) is 2.37. The van der Waals surface area contributed by atoms with E-state index >= 15 is 0 Å². The van der Waals surface area contributed by atoms with E-state index in [-0.39, 0.29) is 5.88 Å². The van der Waals surface area contributed by atoms with E-state index in [2.05, 4.69) is 30.7 Å². The van der Waals surface area contributed by atoms with Crippen molar-refractivity contribution in [2.75, 3.05) is 0 Å². The molecule has 0 radical (unpaired) electrons. The highest BCUT2D eigenvalue weighted by atomic mass is 79.9. The summed E-state index contributed by atoms with van der Waals surface area (Å²) in [5.74, 6) is 0.136. The highest BCUT2D eigenvalue weighted by Crippen LogP contribution is 2.15. The number of amides is 1. The van der Waals surface area contributed by atoms with Gasteiger partial charge in [-0.15, -0.1) is 0 Å². The second-order valence-electron chi connectivity index (χ2n) is 2.88. The topological polar surface area (TPSA) is 83.0 Å². The summed E-state index contributed by atoms with van der Waals surface area (Å²) in [5, 5.41) is 4.08. The summed E-state index contributed by atoms with van der Waals surface area (Å²) >= 11 is 3.28. The maximum atomic E-state index is 10.6. The fraction of sp³-hybridized carbons (Fsp3) is 0. The van der Waals surface area contributed by atoms with Gasteiger partial charge in [-0.3, -0.25) is 0 Å². The van der Waals surface area contributed by atoms with Crippen LogP contribution in [0.2, 0.25) is 0 Å². The Morgan fingerprint density at radius 2 is 2.38 bits per heavy atom. The largest absolute Gasteiger partial charge is 0.411 e. The van der Waals surface area contributed by atoms with Gasteiger partial charge in [0.05, 0.1) is 16.4 Å². The van der Waals surface area contributed by atoms with Crippen LogP contribution in [0.4, 0.5) is 4.79 Å². The van der Waals surface area contributed by atoms with Gasteiger partial charge in [-0.2, -0.15) is 5.10 Å². The maximum absolute atomic E-state index is 10.6. The van der Waals surface area contributed by atoms with Gasteiger partial charge in [0.25, 0.3) is 0 Å². The summed E-state index contributed by atoms with van der Waals surface area (Å²) in [4.78, 5) is 14.4. The number of pyridine rings is 1. The zero-order valence-corrected chi connectivity index (χ0v) is 9.59. The normalized spacial score (nSPS) is 10.1. The van der Waals surface area contributed by atoms with E-state index in [0.717, 1.165) is 10.2 Å². The Morgan fingerprint density at radius 3 is 3.00 bits per heavy atom. The van der Waals surface area contributed by atoms with E-state index in [1.807, 2.05) is 0 Å². The number of aromatic nitrogens is 3. The van der Waals surface area contributed by atoms with Crippen LogP contribution in [0.5, 0.6) is 5.88 Å². The minimum atomic E-state index is -0.897. The van der Waals surface area contributed by atoms with Crippen molar-refractivity contribution in [3.8, 4) is 11.6 Å². The molecule has 6 nitrogen and oxygen atoms in total. The fourth-order valence-electron chi connectivity index (χ4n) is 1.14. The summed E-state index contributed by atoms with van der Waals surface area (Å²) in [7, 11) is 0. The number of ether oxygens (including phenoxy) is 1. The van der Waals surface area contributed by atoms with Gasteiger partial charge in [0, 0.05) is 18.5 Å². The third-order valence-corrected chi connectivity index (χ3v) is 2.15. The third-order valence-electron chi connectivity index (χ3n) is 1.74. The van der Waals surface area contributed by atoms with Crippen LogP contribution in [-0.4, -0.2) is 20.9 Å². The summed E-state index contributed by atoms with van der Waals surface area (Å²) in [5.41, 5.74) is 5.61. The molecule has 0 aromatic carbocycles. The molecule has 2 heterocycles. The van der Waals surface area contributed by atoms with Crippen LogP contribution < -0.4 is 10.5 Å². The number of nitrogens with two attached hydrogens (primary N) is 1. The van der Waals surface area contributed by atoms with Crippen molar-refractivity contribution in [2.24, 2.45) is 5.73 Å². The summed E-state index contributed by atoms with van der Waals surface area (Å²) in [6.45, 7) is 0. The number of primary amides is 1. The Kier molecular flexibility index (Phi) is 2.86. The van der Waals surface area contributed by atoms with Crippen LogP contribution in [0.15, 0.2) is 35.2 Å². The van der Waals surface area contributed by atoms with Crippen LogP contribution >= 0.6 is 15.9 Å². The highest BCUT2D eigenvalue weighted by molar-refractivity contribution is 9.10. The van der Waals surface area contributed by atoms with Gasteiger partial charge >= 0.3 is 6.09 Å². The van der Waals surface area contributed by atoms with E-state index in [1.54, 1.807) is 29.2 Å². The van der Waals surface area contributed by atoms with Crippen molar-refractivity contribution >= 4 is 22.0 Å². The van der Waals surface area contributed by atoms with Crippen LogP contribution in [-0.2, 0) is 0 Å². The minimum Gasteiger partial charge on any atom is -0.391 e. The standard InChI is InChI=1S/C9H7BrN4O2/c10-6-4-13-14(5-6)7-1-2-12-8(3-7)16-9(11)15/h1-5H,(H2,11,15). The molecule has 0 bridgehead atoms. The first-order valence-corrected chi connectivity index (χ1v) is 5.08. The molecule has 0 aliphatic rings. The van der Waals surface area contributed by atoms with Crippen molar-refractivity contribution < 1.29 is 9.53 Å². The van der Waals surface area contributed by atoms with Crippen molar-refractivity contribution in [2.45, 2.75) is 0 Å². The number of nitrogens with zero attached hydrogens (tertiary/aromatic N) is 3. The molecule has 16 heavy (non-hydrogen) atoms. The second kappa shape index (κ2) is 4.31. The number of halogens is 1. The predicted molar refractivity (Wildman–Crippen MR) is 59.3 cm³/mol. The molecule has 0 aliphatic carbocycles. The molecule has 0 saturated carbocycles. The lowest BCUT2D eigenvalue weighted by atomic mass is 10.4. The lowest BCUT2D eigenvalue weighted by molar-refractivity contribution is 0.209. The van der Waals surface area contributed by atoms with Crippen molar-refractivity contribution in [1.82, 2.24) is 14.8 Å². The van der Waals surface area contributed by atoms with E-state index in [9.17, 15) is 4.79 Å². The van der Waals surface area contributed by atoms with Gasteiger partial charge < -0.3 is 10.5 Å². The Morgan fingerprint density at radius 1 is 1.56 bits per heavy atom. The first-order valence-electron chi connectivity index (χ1n) is 4.29. The van der Waals surface area contributed by atoms with E-state index in [4.69, 9.17) is 5.73 Å². The molecule has 0 aliphatic heterocycles. The molecule has 2 aromatic rings. The first-order chi connectivity index (χ1) is 7.65. The Hall–Kier alpha value is -1.89. The lowest BCUT2D eigenvalue weighted by Crippen LogP contribution is -2.17. The van der Waals surface area contributed by atoms with Crippen LogP contribution in [0.1, 0.15) is 0 Å². The second-order valence-corrected chi connectivity index (χ2v) is 3.79. The van der Waals surface area contributed by atoms with E-state index < -0.39 is 6.09 Å². The first kappa shape index (κ1) is 10.6. The molecule has 2 rings (SSSR count). The number of carbonyl (C=O) groups is 1. The molecule has 2 N–H and O–H groups in total. The Balaban J connectivity index is 2.32. The smallest absolute Gasteiger partial charge is 0.391 e. The van der Waals surface area contributed by atoms with E-state index in [0.29, 0.717) is 0 Å². The Labute approximate surface area is 99.2 Å². The van der Waals surface area contributed by atoms with Gasteiger partial charge in [-0.05, 0) is 22.0 Å². The monoisotopic (exact) mass is 282 g/mol. The van der Waals surface area contributed by atoms with E-state index in [1.165, 1.54) is 6.20 Å². The zero-order valence-electron chi connectivity index (χ0n) is 8.00. The summed E-state index contributed by atoms with van der Waals surface area (Å²) in [6.07, 6.45) is 4.02. The van der Waals surface area contributed by atoms with Gasteiger partial charge in [0.15, 0.2) is 0 Å². The maximum Gasteiger partial charge on any atom is 0.411 e. The summed E-state index contributed by atoms with van der Waals surface area (Å²) < 4.78 is 7.12. The molecule has 7 heteroatoms. The average Bonchev–Trinajstić information content (AvgIpc) is 2.64. The number of rotatable bonds is 2. The van der Waals surface area contributed by atoms with Gasteiger partial charge in [-0.1, -0.05) is 0 Å². The minimum absolute atomic E-state index is 0.136. The van der Waals surface area contributed by atoms with Gasteiger partial charge in [0.1, 0.15) is 0 Å². The molecule has 82 valence electrons. The molecule has 1 amide bonds. The molecule has 2 aromatic heterocycles.